The van der Waals surface area contributed by atoms with E-state index in [2.05, 4.69) is 20.8 Å². The van der Waals surface area contributed by atoms with Crippen LogP contribution in [0.5, 0.6) is 0 Å². The number of ether oxygens (including phenoxy) is 2. The van der Waals surface area contributed by atoms with E-state index in [0.717, 1.165) is 17.5 Å². The van der Waals surface area contributed by atoms with Crippen molar-refractivity contribution in [2.24, 2.45) is 5.73 Å². The van der Waals surface area contributed by atoms with Crippen LogP contribution in [0.25, 0.3) is 0 Å². The third-order valence-electron chi connectivity index (χ3n) is 6.38. The molecule has 2 N–H and O–H groups in total. The minimum absolute atomic E-state index is 0.225. The van der Waals surface area contributed by atoms with E-state index >= 15 is 0 Å². The summed E-state index contributed by atoms with van der Waals surface area (Å²) in [5, 5.41) is 0. The van der Waals surface area contributed by atoms with Crippen molar-refractivity contribution in [3.05, 3.63) is 0 Å². The second-order valence-electron chi connectivity index (χ2n) is 10.6. The summed E-state index contributed by atoms with van der Waals surface area (Å²) >= 11 is -0.649. The molecule has 1 amide bonds. The number of likely N-dealkylation sites (tertiary alicyclic amines) is 1. The Hall–Kier alpha value is -0.0113. The molecule has 0 aromatic carbocycles. The summed E-state index contributed by atoms with van der Waals surface area (Å²) < 4.78 is 13.3. The summed E-state index contributed by atoms with van der Waals surface area (Å²) in [6.07, 6.45) is 13.5. The van der Waals surface area contributed by atoms with Crippen LogP contribution in [0, 0.1) is 0 Å². The summed E-state index contributed by atoms with van der Waals surface area (Å²) in [5.41, 5.74) is 5.89. The quantitative estimate of drug-likeness (QED) is 0.211. The van der Waals surface area contributed by atoms with Crippen LogP contribution in [0.3, 0.4) is 0 Å². The van der Waals surface area contributed by atoms with E-state index in [4.69, 9.17) is 15.2 Å². The zero-order valence-electron chi connectivity index (χ0n) is 21.4. The molecule has 1 fully saturated rings. The molecule has 1 heterocycles. The van der Waals surface area contributed by atoms with Crippen molar-refractivity contribution >= 4 is 27.2 Å². The normalized spacial score (nSPS) is 17.1. The fraction of sp³-hybridized carbons (Fsp3) is 0.960. The third kappa shape index (κ3) is 11.6. The van der Waals surface area contributed by atoms with Gasteiger partial charge in [-0.15, -0.1) is 0 Å². The predicted molar refractivity (Wildman–Crippen MR) is 132 cm³/mol. The first-order chi connectivity index (χ1) is 14.6. The molecule has 0 saturated carbocycles. The second kappa shape index (κ2) is 14.3. The number of hydrogen-bond acceptors (Lipinski definition) is 4. The Bertz CT molecular complexity index is 478. The Morgan fingerprint density at radius 1 is 0.968 bits per heavy atom. The molecule has 1 rings (SSSR count). The van der Waals surface area contributed by atoms with E-state index in [1.165, 1.54) is 57.8 Å². The number of carbonyl (C=O) groups excluding carboxylic acids is 1. The standard InChI is InChI=1S/C13H27.C12H23N2O3.Sn/c1-4-7-10-13(11-8-5-2)12-9-6-3;1-11(2,3)17-10(15)14-7-5-12(13,6-8-14)9-16-4;/h4-12H2,1-3H3;4-9,13H2,1-3H3;. The number of amides is 1. The summed E-state index contributed by atoms with van der Waals surface area (Å²) in [5.74, 6) is 0. The minimum atomic E-state index is -0.649. The predicted octanol–water partition coefficient (Wildman–Crippen LogP) is 6.12. The van der Waals surface area contributed by atoms with Gasteiger partial charge in [0, 0.05) is 0 Å². The first-order valence-electron chi connectivity index (χ1n) is 12.7. The van der Waals surface area contributed by atoms with Gasteiger partial charge in [0.2, 0.25) is 0 Å². The first kappa shape index (κ1) is 29.0. The van der Waals surface area contributed by atoms with Crippen molar-refractivity contribution in [3.63, 3.8) is 0 Å². The second-order valence-corrected chi connectivity index (χ2v) is 15.5. The molecule has 0 aliphatic carbocycles. The maximum absolute atomic E-state index is 12.3. The van der Waals surface area contributed by atoms with E-state index in [-0.39, 0.29) is 11.6 Å². The van der Waals surface area contributed by atoms with Gasteiger partial charge in [0.1, 0.15) is 0 Å². The van der Waals surface area contributed by atoms with Gasteiger partial charge in [-0.05, 0) is 0 Å². The van der Waals surface area contributed by atoms with Crippen LogP contribution >= 0.6 is 0 Å². The van der Waals surface area contributed by atoms with Crippen LogP contribution in [0.1, 0.15) is 112 Å². The zero-order chi connectivity index (χ0) is 23.4. The molecule has 0 bridgehead atoms. The maximum atomic E-state index is 12.3. The molecule has 2 radical (unpaired) electrons. The third-order valence-corrected chi connectivity index (χ3v) is 11.7. The van der Waals surface area contributed by atoms with Crippen molar-refractivity contribution in [3.8, 4) is 0 Å². The Morgan fingerprint density at radius 3 is 1.87 bits per heavy atom. The van der Waals surface area contributed by atoms with Crippen molar-refractivity contribution in [1.29, 1.82) is 0 Å². The first-order valence-corrected chi connectivity index (χ1v) is 16.1. The number of piperidine rings is 1. The van der Waals surface area contributed by atoms with Crippen molar-refractivity contribution in [1.82, 2.24) is 4.90 Å². The monoisotopic (exact) mass is 546 g/mol. The fourth-order valence-corrected chi connectivity index (χ4v) is 8.73. The van der Waals surface area contributed by atoms with Gasteiger partial charge in [-0.2, -0.15) is 0 Å². The van der Waals surface area contributed by atoms with Gasteiger partial charge in [0.25, 0.3) is 0 Å². The number of carbonyl (C=O) groups is 1. The average Bonchev–Trinajstić information content (AvgIpc) is 2.71. The molecular formula is C25H50N2O3Sn. The average molecular weight is 545 g/mol. The van der Waals surface area contributed by atoms with Gasteiger partial charge >= 0.3 is 203 Å². The molecule has 1 saturated heterocycles. The molecule has 5 nitrogen and oxygen atoms in total. The zero-order valence-corrected chi connectivity index (χ0v) is 24.2. The number of unbranched alkanes of at least 4 members (excludes halogenated alkanes) is 3. The van der Waals surface area contributed by atoms with Crippen LogP contribution in [0.2, 0.25) is 3.43 Å². The molecule has 1 aliphatic heterocycles. The molecular weight excluding hydrogens is 495 g/mol. The Labute approximate surface area is 202 Å². The topological polar surface area (TPSA) is 64.8 Å². The summed E-state index contributed by atoms with van der Waals surface area (Å²) in [4.78, 5) is 14.1. The van der Waals surface area contributed by atoms with E-state index < -0.39 is 26.7 Å². The number of hydrogen-bond donors (Lipinski definition) is 1. The van der Waals surface area contributed by atoms with E-state index in [1.54, 1.807) is 4.90 Å². The van der Waals surface area contributed by atoms with E-state index in [0.29, 0.717) is 23.1 Å². The van der Waals surface area contributed by atoms with Crippen LogP contribution in [-0.4, -0.2) is 67.6 Å². The van der Waals surface area contributed by atoms with Crippen LogP contribution in [0.15, 0.2) is 0 Å². The van der Waals surface area contributed by atoms with Crippen LogP contribution in [-0.2, 0) is 9.47 Å². The molecule has 0 unspecified atom stereocenters. The van der Waals surface area contributed by atoms with Gasteiger partial charge in [-0.1, -0.05) is 0 Å². The molecule has 6 heteroatoms. The van der Waals surface area contributed by atoms with Gasteiger partial charge in [-0.25, -0.2) is 0 Å². The van der Waals surface area contributed by atoms with Crippen molar-refractivity contribution in [2.75, 3.05) is 24.3 Å². The summed E-state index contributed by atoms with van der Waals surface area (Å²) in [7, 11) is 0. The summed E-state index contributed by atoms with van der Waals surface area (Å²) in [6.45, 7) is 14.6. The molecule has 31 heavy (non-hydrogen) atoms. The van der Waals surface area contributed by atoms with Crippen LogP contribution < -0.4 is 5.73 Å². The fourth-order valence-electron chi connectivity index (χ4n) is 4.25. The van der Waals surface area contributed by atoms with Gasteiger partial charge in [0.05, 0.1) is 0 Å². The van der Waals surface area contributed by atoms with Gasteiger partial charge < -0.3 is 0 Å². The SMILES string of the molecule is CCCC[C](CCCC)(CCCC)[Sn][CH2]OCC1(N)CCN(C(=O)OC(C)(C)C)CC1. The Kier molecular flexibility index (Phi) is 13.4. The van der Waals surface area contributed by atoms with Crippen LogP contribution in [0.4, 0.5) is 4.79 Å². The van der Waals surface area contributed by atoms with Crippen molar-refractivity contribution < 1.29 is 14.3 Å². The molecule has 0 spiro atoms. The molecule has 1 aliphatic rings. The van der Waals surface area contributed by atoms with Gasteiger partial charge in [0.15, 0.2) is 0 Å². The molecule has 0 aromatic heterocycles. The molecule has 182 valence electrons. The summed E-state index contributed by atoms with van der Waals surface area (Å²) in [6, 6.07) is 0. The Balaban J connectivity index is 2.51. The van der Waals surface area contributed by atoms with Crippen molar-refractivity contribution in [2.45, 2.75) is 127 Å². The van der Waals surface area contributed by atoms with E-state index in [1.807, 2.05) is 20.8 Å². The molecule has 0 aromatic rings. The Morgan fingerprint density at radius 2 is 1.45 bits per heavy atom. The molecule has 0 atom stereocenters. The number of nitrogens with zero attached hydrogens (tertiary/aromatic N) is 1. The number of rotatable bonds is 14. The number of nitrogens with two attached hydrogens (primary N) is 1. The van der Waals surface area contributed by atoms with E-state index in [9.17, 15) is 4.79 Å². The van der Waals surface area contributed by atoms with Gasteiger partial charge in [-0.3, -0.25) is 0 Å².